The molecule has 1 amide bonds. The summed E-state index contributed by atoms with van der Waals surface area (Å²) in [5.41, 5.74) is 1.71. The second kappa shape index (κ2) is 5.80. The molecule has 0 bridgehead atoms. The van der Waals surface area contributed by atoms with Gasteiger partial charge in [-0.15, -0.1) is 0 Å². The molecule has 22 heavy (non-hydrogen) atoms. The number of hydrogen-bond donors (Lipinski definition) is 1. The highest BCUT2D eigenvalue weighted by Crippen LogP contribution is 2.11. The zero-order valence-electron chi connectivity index (χ0n) is 12.1. The highest BCUT2D eigenvalue weighted by atomic mass is 16.2. The first-order valence-electron chi connectivity index (χ1n) is 6.91. The summed E-state index contributed by atoms with van der Waals surface area (Å²) in [5, 5.41) is 6.73. The molecule has 0 aliphatic carbocycles. The van der Waals surface area contributed by atoms with E-state index in [2.05, 4.69) is 15.4 Å². The number of imidazole rings is 1. The second-order valence-electron chi connectivity index (χ2n) is 4.82. The van der Waals surface area contributed by atoms with Crippen LogP contribution < -0.4 is 10.9 Å². The second-order valence-corrected chi connectivity index (χ2v) is 4.82. The average molecular weight is 297 g/mol. The first kappa shape index (κ1) is 14.0. The van der Waals surface area contributed by atoms with Gasteiger partial charge in [-0.25, -0.2) is 9.67 Å². The number of pyridine rings is 1. The van der Waals surface area contributed by atoms with Crippen LogP contribution in [-0.2, 0) is 6.54 Å². The number of rotatable bonds is 4. The molecule has 0 saturated heterocycles. The summed E-state index contributed by atoms with van der Waals surface area (Å²) < 4.78 is 3.05. The van der Waals surface area contributed by atoms with Crippen molar-refractivity contribution in [1.82, 2.24) is 24.5 Å². The fourth-order valence-electron chi connectivity index (χ4n) is 2.30. The average Bonchev–Trinajstić information content (AvgIpc) is 2.85. The van der Waals surface area contributed by atoms with Crippen molar-refractivity contribution in [2.45, 2.75) is 13.5 Å². The van der Waals surface area contributed by atoms with Gasteiger partial charge in [0.1, 0.15) is 11.3 Å². The molecule has 7 nitrogen and oxygen atoms in total. The Bertz CT molecular complexity index is 881. The Morgan fingerprint density at radius 2 is 2.14 bits per heavy atom. The minimum absolute atomic E-state index is 0.192. The van der Waals surface area contributed by atoms with E-state index in [1.54, 1.807) is 23.6 Å². The number of nitrogens with one attached hydrogen (secondary N) is 1. The number of hydrogen-bond acceptors (Lipinski definition) is 4. The number of nitrogens with zero attached hydrogens (tertiary/aromatic N) is 4. The van der Waals surface area contributed by atoms with Gasteiger partial charge in [0, 0.05) is 25.0 Å². The van der Waals surface area contributed by atoms with Crippen LogP contribution in [0.3, 0.4) is 0 Å². The summed E-state index contributed by atoms with van der Waals surface area (Å²) in [5.74, 6) is -0.222. The molecule has 0 fully saturated rings. The Kier molecular flexibility index (Phi) is 3.69. The number of aromatic nitrogens is 4. The van der Waals surface area contributed by atoms with Crippen molar-refractivity contribution in [1.29, 1.82) is 0 Å². The molecule has 3 aromatic rings. The van der Waals surface area contributed by atoms with Gasteiger partial charge in [0.2, 0.25) is 0 Å². The maximum atomic E-state index is 12.3. The van der Waals surface area contributed by atoms with E-state index in [1.807, 2.05) is 18.2 Å². The summed E-state index contributed by atoms with van der Waals surface area (Å²) >= 11 is 0. The first-order valence-corrected chi connectivity index (χ1v) is 6.91. The van der Waals surface area contributed by atoms with Crippen LogP contribution in [0.25, 0.3) is 5.65 Å². The zero-order chi connectivity index (χ0) is 15.5. The largest absolute Gasteiger partial charge is 0.349 e. The van der Waals surface area contributed by atoms with E-state index >= 15 is 0 Å². The summed E-state index contributed by atoms with van der Waals surface area (Å²) in [6.07, 6.45) is 3.34. The van der Waals surface area contributed by atoms with E-state index in [-0.39, 0.29) is 11.5 Å². The van der Waals surface area contributed by atoms with E-state index in [9.17, 15) is 9.59 Å². The Balaban J connectivity index is 1.73. The van der Waals surface area contributed by atoms with Crippen LogP contribution in [0.1, 0.15) is 16.2 Å². The number of fused-ring (bicyclic) bond motifs is 1. The van der Waals surface area contributed by atoms with Gasteiger partial charge in [-0.05, 0) is 25.1 Å². The monoisotopic (exact) mass is 297 g/mol. The van der Waals surface area contributed by atoms with E-state index in [0.717, 1.165) is 5.65 Å². The van der Waals surface area contributed by atoms with Crippen LogP contribution in [0.5, 0.6) is 0 Å². The lowest BCUT2D eigenvalue weighted by atomic mass is 10.3. The molecule has 0 aromatic carbocycles. The van der Waals surface area contributed by atoms with Gasteiger partial charge in [-0.2, -0.15) is 5.10 Å². The quantitative estimate of drug-likeness (QED) is 0.766. The van der Waals surface area contributed by atoms with Crippen LogP contribution in [0.4, 0.5) is 0 Å². The molecule has 7 heteroatoms. The third kappa shape index (κ3) is 2.60. The van der Waals surface area contributed by atoms with Crippen molar-refractivity contribution in [3.8, 4) is 0 Å². The lowest BCUT2D eigenvalue weighted by Gasteiger charge is -2.07. The Hall–Kier alpha value is -2.96. The SMILES string of the molecule is Cc1nc2ccccn2c1C(=O)NCCn1ncccc1=O. The van der Waals surface area contributed by atoms with Crippen LogP contribution >= 0.6 is 0 Å². The van der Waals surface area contributed by atoms with Gasteiger partial charge in [-0.3, -0.25) is 14.0 Å². The van der Waals surface area contributed by atoms with Crippen molar-refractivity contribution in [2.75, 3.05) is 6.54 Å². The van der Waals surface area contributed by atoms with Crippen molar-refractivity contribution in [2.24, 2.45) is 0 Å². The molecule has 112 valence electrons. The maximum absolute atomic E-state index is 12.3. The first-order chi connectivity index (χ1) is 10.7. The van der Waals surface area contributed by atoms with Crippen LogP contribution in [0, 0.1) is 6.92 Å². The summed E-state index contributed by atoms with van der Waals surface area (Å²) in [6, 6.07) is 8.58. The van der Waals surface area contributed by atoms with Crippen molar-refractivity contribution in [3.05, 3.63) is 64.5 Å². The van der Waals surface area contributed by atoms with Gasteiger partial charge in [0.15, 0.2) is 0 Å². The fourth-order valence-corrected chi connectivity index (χ4v) is 2.30. The standard InChI is InChI=1S/C15H15N5O2/c1-11-14(19-9-3-2-5-12(19)18-11)15(22)16-8-10-20-13(21)6-4-7-17-20/h2-7,9H,8,10H2,1H3,(H,16,22). The highest BCUT2D eigenvalue weighted by Gasteiger charge is 2.15. The zero-order valence-corrected chi connectivity index (χ0v) is 12.1. The van der Waals surface area contributed by atoms with Gasteiger partial charge in [0.05, 0.1) is 12.2 Å². The Morgan fingerprint density at radius 3 is 2.95 bits per heavy atom. The molecule has 1 N–H and O–H groups in total. The Labute approximate surface area is 126 Å². The lowest BCUT2D eigenvalue weighted by molar-refractivity contribution is 0.0945. The fraction of sp³-hybridized carbons (Fsp3) is 0.200. The molecule has 0 saturated carbocycles. The van der Waals surface area contributed by atoms with E-state index in [0.29, 0.717) is 24.5 Å². The molecule has 0 unspecified atom stereocenters. The van der Waals surface area contributed by atoms with Crippen molar-refractivity contribution >= 4 is 11.6 Å². The van der Waals surface area contributed by atoms with E-state index in [1.165, 1.54) is 16.9 Å². The summed E-state index contributed by atoms with van der Waals surface area (Å²) in [6.45, 7) is 2.43. The number of carbonyl (C=O) groups excluding carboxylic acids is 1. The summed E-state index contributed by atoms with van der Waals surface area (Å²) in [4.78, 5) is 28.2. The van der Waals surface area contributed by atoms with Crippen LogP contribution in [0.15, 0.2) is 47.5 Å². The van der Waals surface area contributed by atoms with Crippen molar-refractivity contribution < 1.29 is 4.79 Å². The van der Waals surface area contributed by atoms with Crippen molar-refractivity contribution in [3.63, 3.8) is 0 Å². The van der Waals surface area contributed by atoms with Crippen LogP contribution in [0.2, 0.25) is 0 Å². The van der Waals surface area contributed by atoms with E-state index in [4.69, 9.17) is 0 Å². The normalized spacial score (nSPS) is 10.8. The molecule has 0 aliphatic rings. The summed E-state index contributed by atoms with van der Waals surface area (Å²) in [7, 11) is 0. The molecular weight excluding hydrogens is 282 g/mol. The van der Waals surface area contributed by atoms with Gasteiger partial charge >= 0.3 is 0 Å². The minimum Gasteiger partial charge on any atom is -0.349 e. The Morgan fingerprint density at radius 1 is 1.27 bits per heavy atom. The third-order valence-electron chi connectivity index (χ3n) is 3.31. The lowest BCUT2D eigenvalue weighted by Crippen LogP contribution is -2.32. The third-order valence-corrected chi connectivity index (χ3v) is 3.31. The molecule has 3 heterocycles. The predicted octanol–water partition coefficient (Wildman–Crippen LogP) is 0.629. The molecule has 0 spiro atoms. The molecule has 3 rings (SSSR count). The maximum Gasteiger partial charge on any atom is 0.270 e. The molecule has 0 aliphatic heterocycles. The van der Waals surface area contributed by atoms with Gasteiger partial charge < -0.3 is 5.32 Å². The smallest absolute Gasteiger partial charge is 0.270 e. The van der Waals surface area contributed by atoms with Gasteiger partial charge in [0.25, 0.3) is 11.5 Å². The number of amides is 1. The molecule has 0 radical (unpaired) electrons. The molecule has 0 atom stereocenters. The highest BCUT2D eigenvalue weighted by molar-refractivity contribution is 5.94. The number of carbonyl (C=O) groups is 1. The predicted molar refractivity (Wildman–Crippen MR) is 80.8 cm³/mol. The molecular formula is C15H15N5O2. The van der Waals surface area contributed by atoms with Gasteiger partial charge in [-0.1, -0.05) is 6.07 Å². The number of aryl methyl sites for hydroxylation is 1. The van der Waals surface area contributed by atoms with E-state index < -0.39 is 0 Å². The topological polar surface area (TPSA) is 81.3 Å². The van der Waals surface area contributed by atoms with Crippen LogP contribution in [-0.4, -0.2) is 31.6 Å². The minimum atomic E-state index is -0.222. The molecule has 3 aromatic heterocycles.